The summed E-state index contributed by atoms with van der Waals surface area (Å²) in [5, 5.41) is 2.90. The molecule has 0 unspecified atom stereocenters. The third kappa shape index (κ3) is 4.40. The fraction of sp³-hybridized carbons (Fsp3) is 0.381. The second-order valence-corrected chi connectivity index (χ2v) is 9.55. The molecule has 2 aliphatic heterocycles. The van der Waals surface area contributed by atoms with Crippen LogP contribution in [0.3, 0.4) is 0 Å². The SMILES string of the molecule is O=C(COc1ccc(S(=O)(=O)N2CCc3ccccc32)cc1Cl)NC[C@@H]1CCCO1. The van der Waals surface area contributed by atoms with Crippen LogP contribution in [-0.2, 0) is 26.0 Å². The third-order valence-electron chi connectivity index (χ3n) is 5.25. The van der Waals surface area contributed by atoms with Crippen LogP contribution in [0.1, 0.15) is 18.4 Å². The standard InChI is InChI=1S/C21H23ClN2O5S/c22-18-12-17(30(26,27)24-10-9-15-4-1-2-6-19(15)24)7-8-20(18)29-14-21(25)23-13-16-5-3-11-28-16/h1-2,4,6-8,12,16H,3,5,9-11,13-14H2,(H,23,25)/t16-/m0/s1. The Morgan fingerprint density at radius 3 is 2.87 bits per heavy atom. The van der Waals surface area contributed by atoms with Crippen LogP contribution >= 0.6 is 11.6 Å². The number of anilines is 1. The number of carbonyl (C=O) groups is 1. The number of nitrogens with zero attached hydrogens (tertiary/aromatic N) is 1. The normalized spacial score (nSPS) is 18.3. The van der Waals surface area contributed by atoms with E-state index in [-0.39, 0.29) is 34.3 Å². The van der Waals surface area contributed by atoms with Crippen molar-refractivity contribution in [2.24, 2.45) is 0 Å². The summed E-state index contributed by atoms with van der Waals surface area (Å²) >= 11 is 6.25. The first kappa shape index (κ1) is 21.0. The zero-order valence-electron chi connectivity index (χ0n) is 16.3. The Morgan fingerprint density at radius 2 is 2.10 bits per heavy atom. The van der Waals surface area contributed by atoms with Crippen LogP contribution in [0.2, 0.25) is 5.02 Å². The molecule has 0 saturated carbocycles. The van der Waals surface area contributed by atoms with Crippen molar-refractivity contribution in [3.63, 3.8) is 0 Å². The Bertz CT molecular complexity index is 1040. The molecular formula is C21H23ClN2O5S. The van der Waals surface area contributed by atoms with Gasteiger partial charge >= 0.3 is 0 Å². The molecule has 4 rings (SSSR count). The molecule has 30 heavy (non-hydrogen) atoms. The van der Waals surface area contributed by atoms with Crippen LogP contribution in [0.15, 0.2) is 47.4 Å². The highest BCUT2D eigenvalue weighted by Gasteiger charge is 2.31. The van der Waals surface area contributed by atoms with Crippen molar-refractivity contribution in [3.05, 3.63) is 53.1 Å². The van der Waals surface area contributed by atoms with Crippen LogP contribution < -0.4 is 14.4 Å². The Hall–Kier alpha value is -2.29. The predicted molar refractivity (Wildman–Crippen MR) is 114 cm³/mol. The maximum atomic E-state index is 13.1. The Morgan fingerprint density at radius 1 is 1.27 bits per heavy atom. The lowest BCUT2D eigenvalue weighted by atomic mass is 10.2. The summed E-state index contributed by atoms with van der Waals surface area (Å²) in [6, 6.07) is 11.7. The molecule has 2 aromatic rings. The maximum Gasteiger partial charge on any atom is 0.264 e. The molecule has 0 radical (unpaired) electrons. The molecule has 1 N–H and O–H groups in total. The Kier molecular flexibility index (Phi) is 6.17. The minimum absolute atomic E-state index is 0.0535. The highest BCUT2D eigenvalue weighted by Crippen LogP contribution is 2.35. The number of amides is 1. The molecule has 1 amide bonds. The van der Waals surface area contributed by atoms with Gasteiger partial charge in [0.2, 0.25) is 0 Å². The van der Waals surface area contributed by atoms with Gasteiger partial charge in [0, 0.05) is 19.7 Å². The number of rotatable bonds is 7. The van der Waals surface area contributed by atoms with Crippen LogP contribution in [-0.4, -0.2) is 46.7 Å². The summed E-state index contributed by atoms with van der Waals surface area (Å²) in [7, 11) is -3.74. The lowest BCUT2D eigenvalue weighted by Crippen LogP contribution is -2.35. The average Bonchev–Trinajstić information content (AvgIpc) is 3.41. The van der Waals surface area contributed by atoms with Gasteiger partial charge in [0.1, 0.15) is 5.75 Å². The van der Waals surface area contributed by atoms with Crippen molar-refractivity contribution in [2.45, 2.75) is 30.3 Å². The zero-order chi connectivity index (χ0) is 21.1. The smallest absolute Gasteiger partial charge is 0.264 e. The zero-order valence-corrected chi connectivity index (χ0v) is 17.9. The van der Waals surface area contributed by atoms with E-state index in [1.54, 1.807) is 6.07 Å². The molecule has 1 atom stereocenters. The first-order valence-electron chi connectivity index (χ1n) is 9.86. The van der Waals surface area contributed by atoms with Crippen molar-refractivity contribution in [1.29, 1.82) is 0 Å². The van der Waals surface area contributed by atoms with E-state index in [1.807, 2.05) is 18.2 Å². The van der Waals surface area contributed by atoms with Crippen molar-refractivity contribution < 1.29 is 22.7 Å². The topological polar surface area (TPSA) is 84.9 Å². The minimum Gasteiger partial charge on any atom is -0.482 e. The summed E-state index contributed by atoms with van der Waals surface area (Å²) < 4.78 is 38.5. The van der Waals surface area contributed by atoms with Crippen molar-refractivity contribution in [1.82, 2.24) is 5.32 Å². The number of fused-ring (bicyclic) bond motifs is 1. The second kappa shape index (κ2) is 8.83. The molecule has 0 aromatic heterocycles. The predicted octanol–water partition coefficient (Wildman–Crippen LogP) is 2.77. The first-order valence-corrected chi connectivity index (χ1v) is 11.7. The molecule has 160 valence electrons. The average molecular weight is 451 g/mol. The van der Waals surface area contributed by atoms with E-state index >= 15 is 0 Å². The van der Waals surface area contributed by atoms with Crippen LogP contribution in [0.4, 0.5) is 5.69 Å². The Balaban J connectivity index is 1.40. The van der Waals surface area contributed by atoms with E-state index in [4.69, 9.17) is 21.1 Å². The molecular weight excluding hydrogens is 428 g/mol. The number of sulfonamides is 1. The van der Waals surface area contributed by atoms with Crippen LogP contribution in [0.25, 0.3) is 0 Å². The van der Waals surface area contributed by atoms with Gasteiger partial charge in [0.05, 0.1) is 21.7 Å². The number of hydrogen-bond donors (Lipinski definition) is 1. The van der Waals surface area contributed by atoms with Crippen molar-refractivity contribution in [3.8, 4) is 5.75 Å². The summed E-state index contributed by atoms with van der Waals surface area (Å²) in [4.78, 5) is 12.0. The van der Waals surface area contributed by atoms with Gasteiger partial charge in [-0.15, -0.1) is 0 Å². The van der Waals surface area contributed by atoms with Gasteiger partial charge in [-0.05, 0) is 49.1 Å². The lowest BCUT2D eigenvalue weighted by Gasteiger charge is -2.20. The highest BCUT2D eigenvalue weighted by molar-refractivity contribution is 7.92. The molecule has 0 bridgehead atoms. The maximum absolute atomic E-state index is 13.1. The van der Waals surface area contributed by atoms with E-state index < -0.39 is 10.0 Å². The third-order valence-corrected chi connectivity index (χ3v) is 7.35. The minimum atomic E-state index is -3.74. The van der Waals surface area contributed by atoms with Crippen molar-refractivity contribution in [2.75, 3.05) is 30.6 Å². The van der Waals surface area contributed by atoms with Gasteiger partial charge in [0.15, 0.2) is 6.61 Å². The molecule has 1 saturated heterocycles. The van der Waals surface area contributed by atoms with Gasteiger partial charge in [-0.25, -0.2) is 8.42 Å². The number of nitrogens with one attached hydrogen (secondary N) is 1. The summed E-state index contributed by atoms with van der Waals surface area (Å²) in [6.45, 7) is 1.36. The molecule has 7 nitrogen and oxygen atoms in total. The van der Waals surface area contributed by atoms with E-state index in [0.717, 1.165) is 25.0 Å². The number of hydrogen-bond acceptors (Lipinski definition) is 5. The van der Waals surface area contributed by atoms with Gasteiger partial charge < -0.3 is 14.8 Å². The van der Waals surface area contributed by atoms with Crippen LogP contribution in [0, 0.1) is 0 Å². The van der Waals surface area contributed by atoms with Crippen LogP contribution in [0.5, 0.6) is 5.75 Å². The van der Waals surface area contributed by atoms with E-state index in [1.165, 1.54) is 22.5 Å². The number of benzene rings is 2. The van der Waals surface area contributed by atoms with Gasteiger partial charge in [-0.3, -0.25) is 9.10 Å². The largest absolute Gasteiger partial charge is 0.482 e. The molecule has 9 heteroatoms. The molecule has 2 heterocycles. The Labute approximate surface area is 181 Å². The lowest BCUT2D eigenvalue weighted by molar-refractivity contribution is -0.123. The summed E-state index contributed by atoms with van der Waals surface area (Å²) in [6.07, 6.45) is 2.67. The van der Waals surface area contributed by atoms with Crippen molar-refractivity contribution >= 4 is 33.2 Å². The van der Waals surface area contributed by atoms with Gasteiger partial charge in [0.25, 0.3) is 15.9 Å². The fourth-order valence-corrected chi connectivity index (χ4v) is 5.50. The van der Waals surface area contributed by atoms with Gasteiger partial charge in [-0.2, -0.15) is 0 Å². The van der Waals surface area contributed by atoms with E-state index in [2.05, 4.69) is 5.32 Å². The second-order valence-electron chi connectivity index (χ2n) is 7.28. The van der Waals surface area contributed by atoms with E-state index in [0.29, 0.717) is 25.2 Å². The number of para-hydroxylation sites is 1. The summed E-state index contributed by atoms with van der Waals surface area (Å²) in [5.41, 5.74) is 1.69. The number of halogens is 1. The molecule has 0 aliphatic carbocycles. The quantitative estimate of drug-likeness (QED) is 0.701. The molecule has 2 aromatic carbocycles. The highest BCUT2D eigenvalue weighted by atomic mass is 35.5. The molecule has 0 spiro atoms. The number of carbonyl (C=O) groups excluding carboxylic acids is 1. The monoisotopic (exact) mass is 450 g/mol. The first-order chi connectivity index (χ1) is 14.4. The van der Waals surface area contributed by atoms with Gasteiger partial charge in [-0.1, -0.05) is 29.8 Å². The summed E-state index contributed by atoms with van der Waals surface area (Å²) in [5.74, 6) is -0.0309. The molecule has 2 aliphatic rings. The van der Waals surface area contributed by atoms with E-state index in [9.17, 15) is 13.2 Å². The fourth-order valence-electron chi connectivity index (χ4n) is 3.67. The molecule has 1 fully saturated rings. The number of ether oxygens (including phenoxy) is 2.